The number of guanidine groups is 1. The van der Waals surface area contributed by atoms with E-state index in [2.05, 4.69) is 10.0 Å². The van der Waals surface area contributed by atoms with Gasteiger partial charge in [0.25, 0.3) is 0 Å². The zero-order chi connectivity index (χ0) is 23.0. The molecule has 1 atom stereocenters. The summed E-state index contributed by atoms with van der Waals surface area (Å²) >= 11 is 0. The van der Waals surface area contributed by atoms with Gasteiger partial charge in [-0.25, -0.2) is 13.2 Å². The van der Waals surface area contributed by atoms with E-state index in [4.69, 9.17) is 26.4 Å². The molecule has 0 heterocycles. The predicted molar refractivity (Wildman–Crippen MR) is 113 cm³/mol. The van der Waals surface area contributed by atoms with Crippen LogP contribution < -0.4 is 26.2 Å². The monoisotopic (exact) mass is 449 g/mol. The predicted octanol–water partition coefficient (Wildman–Crippen LogP) is 0.727. The van der Waals surface area contributed by atoms with Gasteiger partial charge in [-0.3, -0.25) is 10.2 Å². The molecule has 0 radical (unpaired) electrons. The van der Waals surface area contributed by atoms with Crippen LogP contribution >= 0.6 is 0 Å². The van der Waals surface area contributed by atoms with Crippen molar-refractivity contribution in [2.75, 3.05) is 11.9 Å². The van der Waals surface area contributed by atoms with Gasteiger partial charge in [-0.05, 0) is 31.2 Å². The number of carbonyl (C=O) groups excluding carboxylic acids is 2. The summed E-state index contributed by atoms with van der Waals surface area (Å²) < 4.78 is 36.8. The molecule has 2 rings (SSSR count). The van der Waals surface area contributed by atoms with Gasteiger partial charge in [0, 0.05) is 0 Å². The molecule has 31 heavy (non-hydrogen) atoms. The van der Waals surface area contributed by atoms with E-state index in [1.807, 2.05) is 0 Å². The van der Waals surface area contributed by atoms with Crippen LogP contribution in [-0.2, 0) is 19.6 Å². The quantitative estimate of drug-likeness (QED) is 0.121. The molecule has 11 nitrogen and oxygen atoms in total. The number of nitrogens with two attached hydrogens (primary N) is 2. The summed E-state index contributed by atoms with van der Waals surface area (Å²) in [6, 6.07) is 11.8. The van der Waals surface area contributed by atoms with Gasteiger partial charge in [0.15, 0.2) is 5.96 Å². The first-order valence-electron chi connectivity index (χ1n) is 9.09. The summed E-state index contributed by atoms with van der Waals surface area (Å²) in [4.78, 5) is 24.6. The van der Waals surface area contributed by atoms with Crippen LogP contribution in [-0.4, -0.2) is 39.1 Å². The fourth-order valence-corrected chi connectivity index (χ4v) is 3.66. The number of hydrogen-bond acceptors (Lipinski definition) is 8. The van der Waals surface area contributed by atoms with E-state index in [0.717, 1.165) is 0 Å². The Morgan fingerprint density at radius 2 is 1.81 bits per heavy atom. The molecular formula is C19H23N5O6S. The summed E-state index contributed by atoms with van der Waals surface area (Å²) in [5.41, 5.74) is 11.0. The van der Waals surface area contributed by atoms with Crippen LogP contribution in [0.15, 0.2) is 53.4 Å². The van der Waals surface area contributed by atoms with Crippen LogP contribution in [0.5, 0.6) is 5.75 Å². The molecule has 2 aromatic rings. The molecule has 166 valence electrons. The normalized spacial score (nSPS) is 11.9. The highest BCUT2D eigenvalue weighted by molar-refractivity contribution is 7.89. The van der Waals surface area contributed by atoms with Crippen molar-refractivity contribution in [2.24, 2.45) is 11.5 Å². The molecule has 0 aliphatic heterocycles. The SMILES string of the molecule is CCOc1cccc(C(=O)OC(=O)C[C@@H](N)NS(=O)(=O)c2ccccc2)c1NC(=N)N. The van der Waals surface area contributed by atoms with E-state index >= 15 is 0 Å². The fourth-order valence-electron chi connectivity index (χ4n) is 2.53. The Morgan fingerprint density at radius 1 is 1.13 bits per heavy atom. The molecule has 0 spiro atoms. The van der Waals surface area contributed by atoms with Gasteiger partial charge in [0.2, 0.25) is 10.0 Å². The highest BCUT2D eigenvalue weighted by Crippen LogP contribution is 2.29. The second-order valence-corrected chi connectivity index (χ2v) is 7.87. The lowest BCUT2D eigenvalue weighted by atomic mass is 10.1. The van der Waals surface area contributed by atoms with Crippen LogP contribution in [0.3, 0.4) is 0 Å². The molecule has 0 fully saturated rings. The summed E-state index contributed by atoms with van der Waals surface area (Å²) in [7, 11) is -3.95. The second-order valence-electron chi connectivity index (χ2n) is 6.16. The Hall–Kier alpha value is -3.48. The Bertz CT molecular complexity index is 1060. The van der Waals surface area contributed by atoms with Crippen molar-refractivity contribution in [1.29, 1.82) is 5.41 Å². The van der Waals surface area contributed by atoms with Crippen molar-refractivity contribution >= 4 is 33.6 Å². The number of esters is 2. The molecule has 0 unspecified atom stereocenters. The minimum atomic E-state index is -3.95. The van der Waals surface area contributed by atoms with Gasteiger partial charge >= 0.3 is 11.9 Å². The van der Waals surface area contributed by atoms with E-state index in [1.165, 1.54) is 36.4 Å². The second kappa shape index (κ2) is 10.5. The molecule has 7 N–H and O–H groups in total. The van der Waals surface area contributed by atoms with E-state index < -0.39 is 40.5 Å². The van der Waals surface area contributed by atoms with Crippen molar-refractivity contribution in [1.82, 2.24) is 4.72 Å². The van der Waals surface area contributed by atoms with E-state index in [1.54, 1.807) is 19.1 Å². The number of ether oxygens (including phenoxy) is 2. The fraction of sp³-hybridized carbons (Fsp3) is 0.211. The van der Waals surface area contributed by atoms with Gasteiger partial charge in [0.05, 0.1) is 35.3 Å². The Labute approximate surface area is 179 Å². The van der Waals surface area contributed by atoms with Gasteiger partial charge in [-0.2, -0.15) is 4.72 Å². The first-order chi connectivity index (χ1) is 14.6. The highest BCUT2D eigenvalue weighted by Gasteiger charge is 2.24. The maximum Gasteiger partial charge on any atom is 0.348 e. The van der Waals surface area contributed by atoms with Crippen molar-refractivity contribution in [3.8, 4) is 5.75 Å². The first-order valence-corrected chi connectivity index (χ1v) is 10.6. The summed E-state index contributed by atoms with van der Waals surface area (Å²) in [6.45, 7) is 2.00. The van der Waals surface area contributed by atoms with Crippen LogP contribution in [0.4, 0.5) is 5.69 Å². The largest absolute Gasteiger partial charge is 0.492 e. The standard InChI is InChI=1S/C19H23N5O6S/c1-2-29-14-10-6-9-13(17(14)23-19(21)22)18(26)30-16(25)11-15(20)24-31(27,28)12-7-4-3-5-8-12/h3-10,15,24H,2,11,20H2,1H3,(H4,21,22,23)/t15-/m0/s1. The molecule has 0 bridgehead atoms. The maximum absolute atomic E-state index is 12.5. The average Bonchev–Trinajstić information content (AvgIpc) is 2.69. The number of hydrogen-bond donors (Lipinski definition) is 5. The van der Waals surface area contributed by atoms with Crippen molar-refractivity contribution in [3.05, 3.63) is 54.1 Å². The van der Waals surface area contributed by atoms with Crippen LogP contribution in [0, 0.1) is 5.41 Å². The Kier molecular flexibility index (Phi) is 8.07. The lowest BCUT2D eigenvalue weighted by Gasteiger charge is -2.16. The molecule has 0 aliphatic rings. The van der Waals surface area contributed by atoms with Crippen LogP contribution in [0.2, 0.25) is 0 Å². The molecular weight excluding hydrogens is 426 g/mol. The van der Waals surface area contributed by atoms with Gasteiger partial charge in [0.1, 0.15) is 5.75 Å². The topological polar surface area (TPSA) is 187 Å². The van der Waals surface area contributed by atoms with Crippen LogP contribution in [0.25, 0.3) is 0 Å². The van der Waals surface area contributed by atoms with E-state index in [0.29, 0.717) is 0 Å². The minimum Gasteiger partial charge on any atom is -0.492 e. The Morgan fingerprint density at radius 3 is 2.42 bits per heavy atom. The van der Waals surface area contributed by atoms with Gasteiger partial charge < -0.3 is 26.3 Å². The molecule has 0 aromatic heterocycles. The zero-order valence-corrected chi connectivity index (χ0v) is 17.4. The third-order valence-electron chi connectivity index (χ3n) is 3.76. The molecule has 0 amide bonds. The summed E-state index contributed by atoms with van der Waals surface area (Å²) in [6.07, 6.45) is -1.92. The highest BCUT2D eigenvalue weighted by atomic mass is 32.2. The third-order valence-corrected chi connectivity index (χ3v) is 5.26. The van der Waals surface area contributed by atoms with Gasteiger partial charge in [-0.15, -0.1) is 0 Å². The minimum absolute atomic E-state index is 0.0254. The zero-order valence-electron chi connectivity index (χ0n) is 16.6. The third kappa shape index (κ3) is 6.77. The molecule has 12 heteroatoms. The number of anilines is 1. The van der Waals surface area contributed by atoms with E-state index in [9.17, 15) is 18.0 Å². The molecule has 0 saturated heterocycles. The number of para-hydroxylation sites is 1. The number of rotatable bonds is 9. The van der Waals surface area contributed by atoms with Gasteiger partial charge in [-0.1, -0.05) is 24.3 Å². The molecule has 0 saturated carbocycles. The van der Waals surface area contributed by atoms with Crippen LogP contribution in [0.1, 0.15) is 23.7 Å². The average molecular weight is 449 g/mol. The lowest BCUT2D eigenvalue weighted by molar-refractivity contribution is -0.138. The maximum atomic E-state index is 12.5. The number of nitrogens with one attached hydrogen (secondary N) is 3. The van der Waals surface area contributed by atoms with Crippen molar-refractivity contribution in [2.45, 2.75) is 24.4 Å². The number of sulfonamides is 1. The molecule has 0 aliphatic carbocycles. The van der Waals surface area contributed by atoms with Crippen molar-refractivity contribution in [3.63, 3.8) is 0 Å². The van der Waals surface area contributed by atoms with E-state index in [-0.39, 0.29) is 28.5 Å². The first kappa shape index (κ1) is 23.8. The lowest BCUT2D eigenvalue weighted by Crippen LogP contribution is -2.43. The number of carbonyl (C=O) groups is 2. The summed E-state index contributed by atoms with van der Waals surface area (Å²) in [5, 5.41) is 9.88. The molecule has 2 aromatic carbocycles. The number of benzene rings is 2. The smallest absolute Gasteiger partial charge is 0.348 e. The van der Waals surface area contributed by atoms with Crippen molar-refractivity contribution < 1.29 is 27.5 Å². The Balaban J connectivity index is 2.08. The summed E-state index contributed by atoms with van der Waals surface area (Å²) in [5.74, 6) is -2.32.